The highest BCUT2D eigenvalue weighted by molar-refractivity contribution is 7.12. The molecule has 0 radical (unpaired) electrons. The van der Waals surface area contributed by atoms with Crippen molar-refractivity contribution in [2.75, 3.05) is 37.6 Å². The fourth-order valence-electron chi connectivity index (χ4n) is 3.29. The molecule has 148 valence electrons. The van der Waals surface area contributed by atoms with Crippen LogP contribution in [0.15, 0.2) is 48.1 Å². The topological polar surface area (TPSA) is 37.2 Å². The van der Waals surface area contributed by atoms with Crippen LogP contribution in [-0.4, -0.2) is 52.4 Å². The van der Waals surface area contributed by atoms with Crippen molar-refractivity contribution >= 4 is 47.1 Å². The van der Waals surface area contributed by atoms with Crippen LogP contribution in [0.1, 0.15) is 11.3 Å². The van der Waals surface area contributed by atoms with Gasteiger partial charge in [-0.1, -0.05) is 29.8 Å². The molecule has 4 rings (SSSR count). The van der Waals surface area contributed by atoms with Crippen LogP contribution in [0.2, 0.25) is 5.02 Å². The van der Waals surface area contributed by atoms with Gasteiger partial charge in [-0.05, 0) is 25.1 Å². The Morgan fingerprint density at radius 2 is 2.04 bits per heavy atom. The minimum Gasteiger partial charge on any atom is -0.369 e. The molecule has 1 aliphatic heterocycles. The van der Waals surface area contributed by atoms with Gasteiger partial charge in [0.15, 0.2) is 0 Å². The Labute approximate surface area is 180 Å². The molecule has 0 N–H and O–H groups in total. The van der Waals surface area contributed by atoms with E-state index in [4.69, 9.17) is 11.6 Å². The van der Waals surface area contributed by atoms with E-state index in [9.17, 15) is 0 Å². The molecule has 1 saturated heterocycles. The maximum atomic E-state index is 6.11. The van der Waals surface area contributed by atoms with Gasteiger partial charge in [-0.25, -0.2) is 9.67 Å². The molecule has 3 heterocycles. The molecule has 3 aromatic rings. The molecule has 0 bridgehead atoms. The summed E-state index contributed by atoms with van der Waals surface area (Å²) in [6.07, 6.45) is 8.10. The standard InChI is InChI=1S/C20H22ClN5S.ClH/c1-16-17(15-23-26(16)20-22-7-13-27-20)4-3-8-24-9-11-25(12-10-24)19-6-2-5-18(21)14-19;/h2-7,13-15H,8-12H2,1H3;1H. The zero-order valence-electron chi connectivity index (χ0n) is 15.7. The van der Waals surface area contributed by atoms with Crippen LogP contribution in [0.4, 0.5) is 5.69 Å². The Balaban J connectivity index is 0.00000225. The summed E-state index contributed by atoms with van der Waals surface area (Å²) >= 11 is 7.70. The number of rotatable bonds is 5. The molecule has 0 spiro atoms. The molecule has 28 heavy (non-hydrogen) atoms. The Morgan fingerprint density at radius 1 is 1.21 bits per heavy atom. The van der Waals surface area contributed by atoms with E-state index in [2.05, 4.69) is 45.0 Å². The summed E-state index contributed by atoms with van der Waals surface area (Å²) in [4.78, 5) is 9.19. The Morgan fingerprint density at radius 3 is 2.75 bits per heavy atom. The third-order valence-electron chi connectivity index (χ3n) is 4.85. The molecule has 1 fully saturated rings. The first kappa shape index (κ1) is 20.9. The minimum atomic E-state index is 0. The van der Waals surface area contributed by atoms with Gasteiger partial charge in [0.1, 0.15) is 0 Å². The molecule has 0 amide bonds. The molecule has 1 aliphatic rings. The van der Waals surface area contributed by atoms with Crippen molar-refractivity contribution in [2.45, 2.75) is 6.92 Å². The van der Waals surface area contributed by atoms with Crippen molar-refractivity contribution in [1.82, 2.24) is 19.7 Å². The van der Waals surface area contributed by atoms with Crippen LogP contribution in [-0.2, 0) is 0 Å². The maximum absolute atomic E-state index is 6.11. The van der Waals surface area contributed by atoms with Crippen LogP contribution >= 0.6 is 35.3 Å². The summed E-state index contributed by atoms with van der Waals surface area (Å²) in [6.45, 7) is 7.18. The zero-order valence-corrected chi connectivity index (χ0v) is 18.1. The van der Waals surface area contributed by atoms with Crippen LogP contribution in [0.3, 0.4) is 0 Å². The molecule has 2 aromatic heterocycles. The van der Waals surface area contributed by atoms with Crippen molar-refractivity contribution < 1.29 is 0 Å². The van der Waals surface area contributed by atoms with E-state index in [1.165, 1.54) is 5.69 Å². The SMILES string of the molecule is Cc1c(C=CCN2CCN(c3cccc(Cl)c3)CC2)cnn1-c1nccs1.Cl. The van der Waals surface area contributed by atoms with Crippen molar-refractivity contribution in [3.05, 3.63) is 64.4 Å². The highest BCUT2D eigenvalue weighted by Gasteiger charge is 2.16. The van der Waals surface area contributed by atoms with Crippen molar-refractivity contribution in [2.24, 2.45) is 0 Å². The summed E-state index contributed by atoms with van der Waals surface area (Å²) in [5.41, 5.74) is 3.47. The van der Waals surface area contributed by atoms with E-state index in [0.29, 0.717) is 0 Å². The minimum absolute atomic E-state index is 0. The molecule has 5 nitrogen and oxygen atoms in total. The molecule has 0 saturated carbocycles. The average Bonchev–Trinajstić information content (AvgIpc) is 3.33. The quantitative estimate of drug-likeness (QED) is 0.588. The summed E-state index contributed by atoms with van der Waals surface area (Å²) in [5.74, 6) is 0. The van der Waals surface area contributed by atoms with Gasteiger partial charge in [0.2, 0.25) is 5.13 Å². The Kier molecular flexibility index (Phi) is 7.13. The van der Waals surface area contributed by atoms with Crippen molar-refractivity contribution in [3.8, 4) is 5.13 Å². The average molecular weight is 436 g/mol. The summed E-state index contributed by atoms with van der Waals surface area (Å²) < 4.78 is 1.90. The summed E-state index contributed by atoms with van der Waals surface area (Å²) in [6, 6.07) is 8.11. The number of anilines is 1. The van der Waals surface area contributed by atoms with Crippen LogP contribution in [0.25, 0.3) is 11.2 Å². The van der Waals surface area contributed by atoms with E-state index in [0.717, 1.165) is 54.1 Å². The molecule has 8 heteroatoms. The molecule has 0 unspecified atom stereocenters. The first-order chi connectivity index (χ1) is 13.2. The number of halogens is 2. The maximum Gasteiger partial charge on any atom is 0.210 e. The van der Waals surface area contributed by atoms with Gasteiger partial charge in [0.05, 0.1) is 11.9 Å². The predicted octanol–water partition coefficient (Wildman–Crippen LogP) is 4.55. The Hall–Kier alpha value is -1.86. The lowest BCUT2D eigenvalue weighted by Gasteiger charge is -2.35. The van der Waals surface area contributed by atoms with E-state index < -0.39 is 0 Å². The highest BCUT2D eigenvalue weighted by Crippen LogP contribution is 2.21. The number of aromatic nitrogens is 3. The predicted molar refractivity (Wildman–Crippen MR) is 120 cm³/mol. The largest absolute Gasteiger partial charge is 0.369 e. The number of hydrogen-bond donors (Lipinski definition) is 0. The van der Waals surface area contributed by atoms with E-state index in [1.54, 1.807) is 17.5 Å². The van der Waals surface area contributed by atoms with Gasteiger partial charge in [0.25, 0.3) is 0 Å². The van der Waals surface area contributed by atoms with E-state index in [1.807, 2.05) is 34.5 Å². The summed E-state index contributed by atoms with van der Waals surface area (Å²) in [7, 11) is 0. The fourth-order valence-corrected chi connectivity index (χ4v) is 4.12. The fraction of sp³-hybridized carbons (Fsp3) is 0.300. The van der Waals surface area contributed by atoms with Gasteiger partial charge in [-0.3, -0.25) is 4.90 Å². The smallest absolute Gasteiger partial charge is 0.210 e. The highest BCUT2D eigenvalue weighted by atomic mass is 35.5. The van der Waals surface area contributed by atoms with Gasteiger partial charge in [0, 0.05) is 60.6 Å². The van der Waals surface area contributed by atoms with Gasteiger partial charge >= 0.3 is 0 Å². The molecule has 1 aromatic carbocycles. The first-order valence-electron chi connectivity index (χ1n) is 9.04. The molecule has 0 aliphatic carbocycles. The number of piperazine rings is 1. The molecule has 0 atom stereocenters. The lowest BCUT2D eigenvalue weighted by atomic mass is 10.2. The van der Waals surface area contributed by atoms with Crippen molar-refractivity contribution in [1.29, 1.82) is 0 Å². The lowest BCUT2D eigenvalue weighted by Crippen LogP contribution is -2.46. The normalized spacial score (nSPS) is 15.1. The second-order valence-electron chi connectivity index (χ2n) is 6.58. The van der Waals surface area contributed by atoms with E-state index >= 15 is 0 Å². The monoisotopic (exact) mass is 435 g/mol. The number of nitrogens with zero attached hydrogens (tertiary/aromatic N) is 5. The second-order valence-corrected chi connectivity index (χ2v) is 7.89. The number of thiazole rings is 1. The third kappa shape index (κ3) is 4.75. The zero-order chi connectivity index (χ0) is 18.6. The Bertz CT molecular complexity index is 915. The van der Waals surface area contributed by atoms with Crippen LogP contribution in [0.5, 0.6) is 0 Å². The number of hydrogen-bond acceptors (Lipinski definition) is 5. The van der Waals surface area contributed by atoms with Crippen molar-refractivity contribution in [3.63, 3.8) is 0 Å². The first-order valence-corrected chi connectivity index (χ1v) is 10.3. The van der Waals surface area contributed by atoms with Gasteiger partial charge in [-0.2, -0.15) is 5.10 Å². The summed E-state index contributed by atoms with van der Waals surface area (Å²) in [5, 5.41) is 8.13. The third-order valence-corrected chi connectivity index (χ3v) is 5.84. The van der Waals surface area contributed by atoms with Gasteiger partial charge < -0.3 is 4.90 Å². The van der Waals surface area contributed by atoms with Crippen LogP contribution < -0.4 is 4.90 Å². The molecular weight excluding hydrogens is 413 g/mol. The molecular formula is C20H23Cl2N5S. The lowest BCUT2D eigenvalue weighted by molar-refractivity contribution is 0.284. The van der Waals surface area contributed by atoms with Crippen LogP contribution in [0, 0.1) is 6.92 Å². The van der Waals surface area contributed by atoms with Gasteiger partial charge in [-0.15, -0.1) is 23.7 Å². The van der Waals surface area contributed by atoms with E-state index in [-0.39, 0.29) is 12.4 Å². The second kappa shape index (κ2) is 9.56. The number of benzene rings is 1.